The van der Waals surface area contributed by atoms with E-state index >= 15 is 0 Å². The second kappa shape index (κ2) is 11.7. The van der Waals surface area contributed by atoms with Crippen LogP contribution in [0.5, 0.6) is 11.5 Å². The van der Waals surface area contributed by atoms with Gasteiger partial charge in [-0.15, -0.1) is 0 Å². The Morgan fingerprint density at radius 2 is 1.97 bits per heavy atom. The lowest BCUT2D eigenvalue weighted by atomic mass is 10.1. The minimum absolute atomic E-state index is 0.174. The van der Waals surface area contributed by atoms with Crippen molar-refractivity contribution in [3.8, 4) is 11.5 Å². The smallest absolute Gasteiger partial charge is 0.254 e. The molecule has 1 fully saturated rings. The lowest BCUT2D eigenvalue weighted by Gasteiger charge is -2.25. The van der Waals surface area contributed by atoms with E-state index in [0.717, 1.165) is 18.7 Å². The highest BCUT2D eigenvalue weighted by Gasteiger charge is 2.14. The van der Waals surface area contributed by atoms with Crippen LogP contribution in [0.3, 0.4) is 0 Å². The Bertz CT molecular complexity index is 896. The Hall–Kier alpha value is -2.61. The van der Waals surface area contributed by atoms with Crippen molar-refractivity contribution < 1.29 is 19.0 Å². The molecule has 1 aliphatic rings. The number of benzene rings is 2. The molecule has 1 amide bonds. The molecule has 31 heavy (non-hydrogen) atoms. The lowest BCUT2D eigenvalue weighted by Crippen LogP contribution is -2.42. The highest BCUT2D eigenvalue weighted by Crippen LogP contribution is 2.37. The van der Waals surface area contributed by atoms with Crippen LogP contribution in [0.2, 0.25) is 5.02 Å². The maximum Gasteiger partial charge on any atom is 0.254 e. The molecule has 7 nitrogen and oxygen atoms in total. The summed E-state index contributed by atoms with van der Waals surface area (Å²) < 4.78 is 16.9. The number of hydrogen-bond acceptors (Lipinski definition) is 6. The van der Waals surface area contributed by atoms with E-state index in [1.807, 2.05) is 43.0 Å². The third-order valence-electron chi connectivity index (χ3n) is 4.71. The summed E-state index contributed by atoms with van der Waals surface area (Å²) in [4.78, 5) is 14.1. The van der Waals surface area contributed by atoms with Crippen molar-refractivity contribution in [2.75, 3.05) is 39.5 Å². The Morgan fingerprint density at radius 1 is 1.23 bits per heavy atom. The van der Waals surface area contributed by atoms with Crippen LogP contribution in [-0.2, 0) is 16.1 Å². The molecule has 0 aromatic heterocycles. The zero-order valence-corrected chi connectivity index (χ0v) is 18.7. The SMILES string of the molecule is CCOc1cc(/C=N\NC(=O)CN2CCOCC2)cc(Cl)c1OCc1ccc(C)cc1. The van der Waals surface area contributed by atoms with Crippen molar-refractivity contribution in [3.05, 3.63) is 58.1 Å². The van der Waals surface area contributed by atoms with Gasteiger partial charge in [0.2, 0.25) is 0 Å². The highest BCUT2D eigenvalue weighted by atomic mass is 35.5. The van der Waals surface area contributed by atoms with Crippen LogP contribution >= 0.6 is 11.6 Å². The summed E-state index contributed by atoms with van der Waals surface area (Å²) in [6.07, 6.45) is 1.54. The molecule has 0 aliphatic carbocycles. The minimum atomic E-state index is -0.174. The van der Waals surface area contributed by atoms with Gasteiger partial charge in [0, 0.05) is 13.1 Å². The Kier molecular flexibility index (Phi) is 8.70. The second-order valence-electron chi connectivity index (χ2n) is 7.22. The summed E-state index contributed by atoms with van der Waals surface area (Å²) >= 11 is 6.46. The molecule has 2 aromatic carbocycles. The molecule has 0 radical (unpaired) electrons. The van der Waals surface area contributed by atoms with E-state index < -0.39 is 0 Å². The zero-order valence-electron chi connectivity index (χ0n) is 17.9. The molecule has 1 saturated heterocycles. The number of rotatable bonds is 9. The number of halogens is 1. The van der Waals surface area contributed by atoms with Crippen molar-refractivity contribution in [3.63, 3.8) is 0 Å². The van der Waals surface area contributed by atoms with Gasteiger partial charge >= 0.3 is 0 Å². The molecule has 8 heteroatoms. The number of aryl methyl sites for hydroxylation is 1. The maximum absolute atomic E-state index is 12.1. The van der Waals surface area contributed by atoms with E-state index in [9.17, 15) is 4.79 Å². The van der Waals surface area contributed by atoms with Crippen LogP contribution in [0.15, 0.2) is 41.5 Å². The van der Waals surface area contributed by atoms with E-state index in [2.05, 4.69) is 10.5 Å². The van der Waals surface area contributed by atoms with Crippen LogP contribution in [0.25, 0.3) is 0 Å². The van der Waals surface area contributed by atoms with Crippen molar-refractivity contribution in [2.24, 2.45) is 5.10 Å². The van der Waals surface area contributed by atoms with E-state index in [4.69, 9.17) is 25.8 Å². The average molecular weight is 446 g/mol. The molecular formula is C23H28ClN3O4. The predicted molar refractivity (Wildman–Crippen MR) is 121 cm³/mol. The van der Waals surface area contributed by atoms with Crippen molar-refractivity contribution in [2.45, 2.75) is 20.5 Å². The van der Waals surface area contributed by atoms with Crippen LogP contribution in [0.4, 0.5) is 0 Å². The van der Waals surface area contributed by atoms with Gasteiger partial charge in [0.25, 0.3) is 5.91 Å². The fraction of sp³-hybridized carbons (Fsp3) is 0.391. The van der Waals surface area contributed by atoms with Crippen molar-refractivity contribution in [1.82, 2.24) is 10.3 Å². The van der Waals surface area contributed by atoms with Gasteiger partial charge in [0.1, 0.15) is 6.61 Å². The fourth-order valence-corrected chi connectivity index (χ4v) is 3.36. The standard InChI is InChI=1S/C23H28ClN3O4/c1-3-30-21-13-19(14-25-26-22(28)15-27-8-10-29-11-9-27)12-20(24)23(21)31-16-18-6-4-17(2)5-7-18/h4-7,12-14H,3,8-11,15-16H2,1-2H3,(H,26,28)/b25-14-. The largest absolute Gasteiger partial charge is 0.490 e. The molecule has 0 unspecified atom stereocenters. The van der Waals surface area contributed by atoms with Gasteiger partial charge in [0.15, 0.2) is 11.5 Å². The quantitative estimate of drug-likeness (QED) is 0.473. The Balaban J connectivity index is 1.62. The number of hydrogen-bond donors (Lipinski definition) is 1. The number of nitrogens with zero attached hydrogens (tertiary/aromatic N) is 2. The number of amides is 1. The lowest BCUT2D eigenvalue weighted by molar-refractivity contribution is -0.123. The first-order chi connectivity index (χ1) is 15.0. The normalized spacial score (nSPS) is 14.5. The summed E-state index contributed by atoms with van der Waals surface area (Å²) in [6, 6.07) is 11.6. The van der Waals surface area contributed by atoms with E-state index in [-0.39, 0.29) is 12.5 Å². The number of hydrazone groups is 1. The summed E-state index contributed by atoms with van der Waals surface area (Å²) in [7, 11) is 0. The molecule has 1 heterocycles. The molecule has 0 saturated carbocycles. The molecule has 2 aromatic rings. The highest BCUT2D eigenvalue weighted by molar-refractivity contribution is 6.32. The molecular weight excluding hydrogens is 418 g/mol. The van der Waals surface area contributed by atoms with Gasteiger partial charge in [-0.25, -0.2) is 5.43 Å². The van der Waals surface area contributed by atoms with Gasteiger partial charge < -0.3 is 14.2 Å². The Morgan fingerprint density at radius 3 is 2.68 bits per heavy atom. The van der Waals surface area contributed by atoms with Crippen molar-refractivity contribution >= 4 is 23.7 Å². The summed E-state index contributed by atoms with van der Waals surface area (Å²) in [5, 5.41) is 4.46. The molecule has 0 bridgehead atoms. The van der Waals surface area contributed by atoms with E-state index in [0.29, 0.717) is 48.5 Å². The maximum atomic E-state index is 12.1. The number of nitrogens with one attached hydrogen (secondary N) is 1. The first kappa shape index (κ1) is 23.1. The summed E-state index contributed by atoms with van der Waals surface area (Å²) in [5.41, 5.74) is 5.48. The first-order valence-corrected chi connectivity index (χ1v) is 10.7. The summed E-state index contributed by atoms with van der Waals surface area (Å²) in [6.45, 7) is 7.85. The van der Waals surface area contributed by atoms with Gasteiger partial charge in [-0.2, -0.15) is 5.10 Å². The molecule has 0 spiro atoms. The monoisotopic (exact) mass is 445 g/mol. The number of ether oxygens (including phenoxy) is 3. The fourth-order valence-electron chi connectivity index (χ4n) is 3.08. The zero-order chi connectivity index (χ0) is 22.1. The Labute approximate surface area is 187 Å². The van der Waals surface area contributed by atoms with Crippen LogP contribution in [-0.4, -0.2) is 56.5 Å². The van der Waals surface area contributed by atoms with Gasteiger partial charge in [0.05, 0.1) is 37.6 Å². The topological polar surface area (TPSA) is 72.4 Å². The first-order valence-electron chi connectivity index (χ1n) is 10.3. The number of carbonyl (C=O) groups excluding carboxylic acids is 1. The van der Waals surface area contributed by atoms with Crippen LogP contribution < -0.4 is 14.9 Å². The number of morpholine rings is 1. The molecule has 3 rings (SSSR count). The number of carbonyl (C=O) groups is 1. The van der Waals surface area contributed by atoms with Crippen LogP contribution in [0, 0.1) is 6.92 Å². The molecule has 0 atom stereocenters. The molecule has 166 valence electrons. The van der Waals surface area contributed by atoms with Gasteiger partial charge in [-0.05, 0) is 37.1 Å². The third kappa shape index (κ3) is 7.24. The van der Waals surface area contributed by atoms with Gasteiger partial charge in [-0.1, -0.05) is 41.4 Å². The third-order valence-corrected chi connectivity index (χ3v) is 4.99. The average Bonchev–Trinajstić information content (AvgIpc) is 2.75. The van der Waals surface area contributed by atoms with E-state index in [1.165, 1.54) is 11.8 Å². The predicted octanol–water partition coefficient (Wildman–Crippen LogP) is 3.41. The minimum Gasteiger partial charge on any atom is -0.490 e. The summed E-state index contributed by atoms with van der Waals surface area (Å²) in [5.74, 6) is 0.841. The van der Waals surface area contributed by atoms with Crippen molar-refractivity contribution in [1.29, 1.82) is 0 Å². The second-order valence-corrected chi connectivity index (χ2v) is 7.63. The molecule has 1 N–H and O–H groups in total. The van der Waals surface area contributed by atoms with E-state index in [1.54, 1.807) is 12.1 Å². The molecule has 1 aliphatic heterocycles. The van der Waals surface area contributed by atoms with Gasteiger partial charge in [-0.3, -0.25) is 9.69 Å². The van der Waals surface area contributed by atoms with Crippen LogP contribution in [0.1, 0.15) is 23.6 Å².